The largest absolute Gasteiger partial charge is 0.494 e. The highest BCUT2D eigenvalue weighted by atomic mass is 16.5. The zero-order valence-corrected chi connectivity index (χ0v) is 15.5. The molecule has 0 spiro atoms. The number of rotatable bonds is 8. The Hall–Kier alpha value is -2.30. The van der Waals surface area contributed by atoms with Crippen LogP contribution >= 0.6 is 0 Å². The maximum Gasteiger partial charge on any atom is 0.240 e. The first-order valence-electron chi connectivity index (χ1n) is 9.64. The van der Waals surface area contributed by atoms with Crippen molar-refractivity contribution in [2.24, 2.45) is 5.41 Å². The molecule has 0 heterocycles. The van der Waals surface area contributed by atoms with Crippen molar-refractivity contribution in [1.29, 1.82) is 0 Å². The van der Waals surface area contributed by atoms with Crippen molar-refractivity contribution < 1.29 is 14.3 Å². The number of allylic oxidation sites excluding steroid dienone is 1. The Morgan fingerprint density at radius 3 is 2.50 bits per heavy atom. The summed E-state index contributed by atoms with van der Waals surface area (Å²) in [6.07, 6.45) is 9.22. The minimum Gasteiger partial charge on any atom is -0.494 e. The number of hydrogen-bond donors (Lipinski definition) is 2. The number of carbonyl (C=O) groups is 2. The molecule has 140 valence electrons. The van der Waals surface area contributed by atoms with E-state index in [0.717, 1.165) is 25.0 Å². The van der Waals surface area contributed by atoms with E-state index in [4.69, 9.17) is 4.74 Å². The Bertz CT molecular complexity index is 675. The summed E-state index contributed by atoms with van der Waals surface area (Å²) >= 11 is 0. The second-order valence-electron chi connectivity index (χ2n) is 7.11. The molecule has 1 aromatic carbocycles. The molecular weight excluding hydrogens is 328 g/mol. The molecule has 0 bridgehead atoms. The van der Waals surface area contributed by atoms with Gasteiger partial charge in [0.15, 0.2) is 0 Å². The minimum absolute atomic E-state index is 0.141. The smallest absolute Gasteiger partial charge is 0.240 e. The van der Waals surface area contributed by atoms with Crippen LogP contribution in [-0.2, 0) is 9.59 Å². The summed E-state index contributed by atoms with van der Waals surface area (Å²) in [7, 11) is 0. The van der Waals surface area contributed by atoms with E-state index in [1.54, 1.807) is 12.1 Å². The molecule has 26 heavy (non-hydrogen) atoms. The fraction of sp³-hybridized carbons (Fsp3) is 0.524. The van der Waals surface area contributed by atoms with Gasteiger partial charge in [-0.1, -0.05) is 11.6 Å². The average Bonchev–Trinajstić information content (AvgIpc) is 3.46. The van der Waals surface area contributed by atoms with E-state index in [2.05, 4.69) is 16.7 Å². The zero-order chi connectivity index (χ0) is 18.4. The summed E-state index contributed by atoms with van der Waals surface area (Å²) < 4.78 is 5.40. The number of carbonyl (C=O) groups excluding carboxylic acids is 2. The van der Waals surface area contributed by atoms with Gasteiger partial charge in [0.05, 0.1) is 6.61 Å². The number of amides is 2. The Morgan fingerprint density at radius 1 is 1.12 bits per heavy atom. The molecule has 0 unspecified atom stereocenters. The maximum atomic E-state index is 12.6. The molecule has 2 amide bonds. The zero-order valence-electron chi connectivity index (χ0n) is 15.5. The monoisotopic (exact) mass is 356 g/mol. The number of nitrogens with one attached hydrogen (secondary N) is 2. The molecule has 1 aromatic rings. The van der Waals surface area contributed by atoms with Crippen LogP contribution in [0.25, 0.3) is 0 Å². The van der Waals surface area contributed by atoms with Crippen molar-refractivity contribution in [3.05, 3.63) is 35.9 Å². The van der Waals surface area contributed by atoms with Crippen LogP contribution in [0.1, 0.15) is 51.9 Å². The molecule has 0 saturated heterocycles. The molecule has 0 aliphatic heterocycles. The van der Waals surface area contributed by atoms with Gasteiger partial charge in [-0.2, -0.15) is 0 Å². The van der Waals surface area contributed by atoms with Crippen molar-refractivity contribution in [3.8, 4) is 5.75 Å². The lowest BCUT2D eigenvalue weighted by Crippen LogP contribution is -2.40. The number of ether oxygens (including phenoxy) is 1. The van der Waals surface area contributed by atoms with E-state index in [9.17, 15) is 9.59 Å². The van der Waals surface area contributed by atoms with Crippen LogP contribution < -0.4 is 15.4 Å². The van der Waals surface area contributed by atoms with Crippen LogP contribution in [0.4, 0.5) is 5.69 Å². The molecule has 5 nitrogen and oxygen atoms in total. The Balaban J connectivity index is 1.49. The van der Waals surface area contributed by atoms with Gasteiger partial charge in [0.2, 0.25) is 11.8 Å². The molecule has 1 saturated carbocycles. The molecular formula is C21H28N2O3. The van der Waals surface area contributed by atoms with Crippen LogP contribution in [0.2, 0.25) is 0 Å². The molecule has 3 rings (SSSR count). The minimum atomic E-state index is -0.889. The van der Waals surface area contributed by atoms with E-state index in [1.165, 1.54) is 18.4 Å². The predicted molar refractivity (Wildman–Crippen MR) is 102 cm³/mol. The van der Waals surface area contributed by atoms with Gasteiger partial charge in [0.25, 0.3) is 0 Å². The predicted octanol–water partition coefficient (Wildman–Crippen LogP) is 3.81. The number of anilines is 1. The third kappa shape index (κ3) is 4.45. The molecule has 2 N–H and O–H groups in total. The lowest BCUT2D eigenvalue weighted by molar-refractivity contribution is -0.134. The van der Waals surface area contributed by atoms with Gasteiger partial charge in [0.1, 0.15) is 11.2 Å². The van der Waals surface area contributed by atoms with E-state index in [-0.39, 0.29) is 11.8 Å². The summed E-state index contributed by atoms with van der Waals surface area (Å²) in [5.41, 5.74) is 1.23. The summed E-state index contributed by atoms with van der Waals surface area (Å²) in [5, 5.41) is 5.83. The van der Waals surface area contributed by atoms with E-state index < -0.39 is 5.41 Å². The highest BCUT2D eigenvalue weighted by Gasteiger charge is 2.56. The standard InChI is InChI=1S/C21H28N2O3/c1-2-26-18-10-8-17(9-11-18)23-20(25)21(13-14-21)19(24)22-15-12-16-6-4-3-5-7-16/h6,8-11H,2-5,7,12-15H2,1H3,(H,22,24)(H,23,25). The molecule has 0 aromatic heterocycles. The van der Waals surface area contributed by atoms with Crippen molar-refractivity contribution in [3.63, 3.8) is 0 Å². The Kier molecular flexibility index (Phi) is 5.96. The summed E-state index contributed by atoms with van der Waals surface area (Å²) in [4.78, 5) is 25.1. The van der Waals surface area contributed by atoms with Gasteiger partial charge in [-0.25, -0.2) is 0 Å². The van der Waals surface area contributed by atoms with Crippen LogP contribution in [0.15, 0.2) is 35.9 Å². The third-order valence-electron chi connectivity index (χ3n) is 5.16. The van der Waals surface area contributed by atoms with E-state index in [1.807, 2.05) is 19.1 Å². The highest BCUT2D eigenvalue weighted by Crippen LogP contribution is 2.46. The fourth-order valence-electron chi connectivity index (χ4n) is 3.37. The quantitative estimate of drug-likeness (QED) is 0.550. The van der Waals surface area contributed by atoms with E-state index >= 15 is 0 Å². The van der Waals surface area contributed by atoms with Crippen LogP contribution in [0, 0.1) is 5.41 Å². The summed E-state index contributed by atoms with van der Waals surface area (Å²) in [6, 6.07) is 7.23. The van der Waals surface area contributed by atoms with Gasteiger partial charge < -0.3 is 15.4 Å². The van der Waals surface area contributed by atoms with Gasteiger partial charge in [-0.3, -0.25) is 9.59 Å². The second kappa shape index (κ2) is 8.39. The first kappa shape index (κ1) is 18.5. The van der Waals surface area contributed by atoms with Crippen LogP contribution in [0.3, 0.4) is 0 Å². The lowest BCUT2D eigenvalue weighted by Gasteiger charge is -2.17. The van der Waals surface area contributed by atoms with Gasteiger partial charge in [0, 0.05) is 12.2 Å². The molecule has 2 aliphatic rings. The maximum absolute atomic E-state index is 12.6. The number of hydrogen-bond acceptors (Lipinski definition) is 3. The average molecular weight is 356 g/mol. The SMILES string of the molecule is CCOc1ccc(NC(=O)C2(C(=O)NCCC3=CCCCC3)CC2)cc1. The first-order chi connectivity index (χ1) is 12.6. The first-order valence-corrected chi connectivity index (χ1v) is 9.64. The van der Waals surface area contributed by atoms with Crippen molar-refractivity contribution in [2.75, 3.05) is 18.5 Å². The second-order valence-corrected chi connectivity index (χ2v) is 7.11. The van der Waals surface area contributed by atoms with Crippen LogP contribution in [-0.4, -0.2) is 25.0 Å². The number of benzene rings is 1. The fourth-order valence-corrected chi connectivity index (χ4v) is 3.37. The summed E-state index contributed by atoms with van der Waals surface area (Å²) in [5.74, 6) is 0.412. The molecule has 5 heteroatoms. The lowest BCUT2D eigenvalue weighted by atomic mass is 9.97. The van der Waals surface area contributed by atoms with Gasteiger partial charge >= 0.3 is 0 Å². The van der Waals surface area contributed by atoms with Crippen molar-refractivity contribution in [1.82, 2.24) is 5.32 Å². The van der Waals surface area contributed by atoms with Crippen molar-refractivity contribution in [2.45, 2.75) is 51.9 Å². The van der Waals surface area contributed by atoms with Gasteiger partial charge in [-0.05, 0) is 76.1 Å². The topological polar surface area (TPSA) is 67.4 Å². The van der Waals surface area contributed by atoms with Crippen LogP contribution in [0.5, 0.6) is 5.75 Å². The Morgan fingerprint density at radius 2 is 1.88 bits per heavy atom. The molecule has 1 fully saturated rings. The molecule has 2 aliphatic carbocycles. The molecule has 0 atom stereocenters. The Labute approximate surface area is 155 Å². The molecule has 0 radical (unpaired) electrons. The summed E-state index contributed by atoms with van der Waals surface area (Å²) in [6.45, 7) is 3.14. The van der Waals surface area contributed by atoms with Crippen molar-refractivity contribution >= 4 is 17.5 Å². The normalized spacial score (nSPS) is 17.8. The third-order valence-corrected chi connectivity index (χ3v) is 5.16. The van der Waals surface area contributed by atoms with Gasteiger partial charge in [-0.15, -0.1) is 0 Å². The highest BCUT2D eigenvalue weighted by molar-refractivity contribution is 6.13. The van der Waals surface area contributed by atoms with E-state index in [0.29, 0.717) is 31.7 Å².